The number of amides is 1. The second-order valence-corrected chi connectivity index (χ2v) is 8.02. The Morgan fingerprint density at radius 2 is 1.67 bits per heavy atom. The van der Waals surface area contributed by atoms with Gasteiger partial charge in [0.25, 0.3) is 11.5 Å². The molecule has 0 aliphatic rings. The molecule has 0 aliphatic carbocycles. The first-order chi connectivity index (χ1) is 17.4. The largest absolute Gasteiger partial charge is 0.493 e. The summed E-state index contributed by atoms with van der Waals surface area (Å²) < 4.78 is 18.4. The van der Waals surface area contributed by atoms with Crippen LogP contribution < -0.4 is 25.2 Å². The van der Waals surface area contributed by atoms with Crippen molar-refractivity contribution in [3.63, 3.8) is 0 Å². The number of methoxy groups -OCH3 is 3. The molecule has 3 heterocycles. The Labute approximate surface area is 208 Å². The second-order valence-electron chi connectivity index (χ2n) is 7.58. The maximum atomic E-state index is 13.1. The number of nitrogens with zero attached hydrogens (tertiary/aromatic N) is 5. The molecule has 11 nitrogen and oxygen atoms in total. The van der Waals surface area contributed by atoms with Gasteiger partial charge in [-0.3, -0.25) is 15.0 Å². The quantitative estimate of drug-likeness (QED) is 0.372. The minimum absolute atomic E-state index is 0.0287. The fourth-order valence-electron chi connectivity index (χ4n) is 3.80. The fraction of sp³-hybridized carbons (Fsp3) is 0.125. The normalized spacial score (nSPS) is 11.0. The molecule has 0 atom stereocenters. The van der Waals surface area contributed by atoms with Gasteiger partial charge in [-0.05, 0) is 35.9 Å². The molecule has 0 unspecified atom stereocenters. The molecule has 0 bridgehead atoms. The lowest BCUT2D eigenvalue weighted by Crippen LogP contribution is -2.33. The molecule has 12 heteroatoms. The van der Waals surface area contributed by atoms with E-state index in [9.17, 15) is 9.59 Å². The molecule has 3 aromatic heterocycles. The van der Waals surface area contributed by atoms with Crippen molar-refractivity contribution in [2.75, 3.05) is 26.8 Å². The molecule has 5 aromatic rings. The standard InChI is InChI=1S/C24H19ClN6O5/c1-34-18-10-14(11-19(35-2)21(18)36-3)23(32)29-30-9-8-17-20(24(30)33)27-28-22-16(12-26-31(17)22)13-4-6-15(25)7-5-13/h4-12H,1-3H3,(H,29,32). The van der Waals surface area contributed by atoms with E-state index >= 15 is 0 Å². The lowest BCUT2D eigenvalue weighted by molar-refractivity contribution is 0.101. The molecule has 5 rings (SSSR count). The number of hydrogen-bond acceptors (Lipinski definition) is 8. The lowest BCUT2D eigenvalue weighted by atomic mass is 10.1. The van der Waals surface area contributed by atoms with Crippen LogP contribution in [0.5, 0.6) is 17.2 Å². The summed E-state index contributed by atoms with van der Waals surface area (Å²) in [6, 6.07) is 11.8. The molecule has 1 N–H and O–H groups in total. The van der Waals surface area contributed by atoms with Crippen LogP contribution in [0.15, 0.2) is 59.7 Å². The summed E-state index contributed by atoms with van der Waals surface area (Å²) in [5, 5.41) is 13.3. The van der Waals surface area contributed by atoms with Crippen molar-refractivity contribution in [3.8, 4) is 28.4 Å². The Morgan fingerprint density at radius 3 is 2.31 bits per heavy atom. The number of ether oxygens (including phenoxy) is 3. The topological polar surface area (TPSA) is 122 Å². The Hall–Kier alpha value is -4.64. The third-order valence-electron chi connectivity index (χ3n) is 5.57. The third-order valence-corrected chi connectivity index (χ3v) is 5.82. The minimum Gasteiger partial charge on any atom is -0.493 e. The highest BCUT2D eigenvalue weighted by atomic mass is 35.5. The van der Waals surface area contributed by atoms with E-state index in [-0.39, 0.29) is 11.1 Å². The zero-order valence-electron chi connectivity index (χ0n) is 19.4. The third kappa shape index (κ3) is 3.85. The molecule has 2 aromatic carbocycles. The number of benzene rings is 2. The van der Waals surface area contributed by atoms with E-state index in [1.807, 2.05) is 12.1 Å². The van der Waals surface area contributed by atoms with Crippen LogP contribution in [-0.4, -0.2) is 51.7 Å². The molecule has 0 spiro atoms. The SMILES string of the molecule is COc1cc(C(=O)Nn2ccc3c(nnc4c(-c5ccc(Cl)cc5)cnn43)c2=O)cc(OC)c1OC. The average Bonchev–Trinajstić information content (AvgIpc) is 3.34. The van der Waals surface area contributed by atoms with Crippen LogP contribution in [-0.2, 0) is 0 Å². The number of pyridine rings is 1. The number of fused-ring (bicyclic) bond motifs is 3. The molecule has 0 saturated heterocycles. The van der Waals surface area contributed by atoms with Gasteiger partial charge in [0.05, 0.1) is 27.5 Å². The summed E-state index contributed by atoms with van der Waals surface area (Å²) in [5.41, 5.74) is 4.69. The molecule has 0 saturated carbocycles. The van der Waals surface area contributed by atoms with E-state index in [1.54, 1.807) is 24.4 Å². The van der Waals surface area contributed by atoms with Gasteiger partial charge in [-0.1, -0.05) is 23.7 Å². The average molecular weight is 507 g/mol. The first-order valence-electron chi connectivity index (χ1n) is 10.6. The van der Waals surface area contributed by atoms with Crippen molar-refractivity contribution < 1.29 is 19.0 Å². The van der Waals surface area contributed by atoms with Gasteiger partial charge in [0.2, 0.25) is 5.75 Å². The van der Waals surface area contributed by atoms with Gasteiger partial charge in [-0.2, -0.15) is 5.10 Å². The van der Waals surface area contributed by atoms with Gasteiger partial charge in [-0.15, -0.1) is 10.2 Å². The van der Waals surface area contributed by atoms with E-state index in [0.717, 1.165) is 15.8 Å². The van der Waals surface area contributed by atoms with Gasteiger partial charge in [0.1, 0.15) is 5.52 Å². The molecular formula is C24H19ClN6O5. The number of carbonyl (C=O) groups excluding carboxylic acids is 1. The molecule has 0 fully saturated rings. The Bertz CT molecular complexity index is 1650. The van der Waals surface area contributed by atoms with Gasteiger partial charge < -0.3 is 14.2 Å². The highest BCUT2D eigenvalue weighted by Gasteiger charge is 2.19. The fourth-order valence-corrected chi connectivity index (χ4v) is 3.93. The van der Waals surface area contributed by atoms with Gasteiger partial charge in [0, 0.05) is 22.3 Å². The maximum Gasteiger partial charge on any atom is 0.299 e. The van der Waals surface area contributed by atoms with Gasteiger partial charge >= 0.3 is 0 Å². The van der Waals surface area contributed by atoms with Crippen LogP contribution in [0, 0.1) is 0 Å². The van der Waals surface area contributed by atoms with Crippen molar-refractivity contribution >= 4 is 34.2 Å². The second kappa shape index (κ2) is 9.19. The summed E-state index contributed by atoms with van der Waals surface area (Å²) in [5.74, 6) is 0.373. The van der Waals surface area contributed by atoms with E-state index in [0.29, 0.717) is 33.4 Å². The highest BCUT2D eigenvalue weighted by molar-refractivity contribution is 6.30. The maximum absolute atomic E-state index is 13.1. The van der Waals surface area contributed by atoms with Crippen molar-refractivity contribution in [2.24, 2.45) is 0 Å². The van der Waals surface area contributed by atoms with E-state index in [1.165, 1.54) is 44.2 Å². The number of aromatic nitrogens is 5. The van der Waals surface area contributed by atoms with Crippen molar-refractivity contribution in [1.29, 1.82) is 0 Å². The van der Waals surface area contributed by atoms with Crippen LogP contribution >= 0.6 is 11.6 Å². The Kier molecular flexibility index (Phi) is 5.90. The Balaban J connectivity index is 1.52. The van der Waals surface area contributed by atoms with E-state index < -0.39 is 11.5 Å². The smallest absolute Gasteiger partial charge is 0.299 e. The van der Waals surface area contributed by atoms with Crippen LogP contribution in [0.25, 0.3) is 27.8 Å². The molecule has 0 radical (unpaired) electrons. The van der Waals surface area contributed by atoms with Crippen LogP contribution in [0.4, 0.5) is 0 Å². The zero-order chi connectivity index (χ0) is 25.4. The van der Waals surface area contributed by atoms with Crippen molar-refractivity contribution in [1.82, 2.24) is 24.5 Å². The Morgan fingerprint density at radius 1 is 0.972 bits per heavy atom. The van der Waals surface area contributed by atoms with Crippen LogP contribution in [0.2, 0.25) is 5.02 Å². The van der Waals surface area contributed by atoms with Gasteiger partial charge in [0.15, 0.2) is 22.7 Å². The summed E-state index contributed by atoms with van der Waals surface area (Å²) in [6.45, 7) is 0. The van der Waals surface area contributed by atoms with Gasteiger partial charge in [-0.25, -0.2) is 9.19 Å². The lowest BCUT2D eigenvalue weighted by Gasteiger charge is -2.14. The zero-order valence-corrected chi connectivity index (χ0v) is 20.1. The number of rotatable bonds is 6. The molecule has 182 valence electrons. The predicted molar refractivity (Wildman–Crippen MR) is 133 cm³/mol. The number of halogens is 1. The van der Waals surface area contributed by atoms with E-state index in [2.05, 4.69) is 20.7 Å². The monoisotopic (exact) mass is 506 g/mol. The summed E-state index contributed by atoms with van der Waals surface area (Å²) >= 11 is 5.99. The number of hydrogen-bond donors (Lipinski definition) is 1. The van der Waals surface area contributed by atoms with Crippen molar-refractivity contribution in [2.45, 2.75) is 0 Å². The first kappa shape index (κ1) is 23.1. The molecule has 1 amide bonds. The van der Waals surface area contributed by atoms with E-state index in [4.69, 9.17) is 25.8 Å². The number of carbonyl (C=O) groups is 1. The van der Waals surface area contributed by atoms with Crippen LogP contribution in [0.3, 0.4) is 0 Å². The number of nitrogens with one attached hydrogen (secondary N) is 1. The molecule has 36 heavy (non-hydrogen) atoms. The summed E-state index contributed by atoms with van der Waals surface area (Å²) in [4.78, 5) is 26.1. The van der Waals surface area contributed by atoms with Crippen LogP contribution in [0.1, 0.15) is 10.4 Å². The highest BCUT2D eigenvalue weighted by Crippen LogP contribution is 2.38. The first-order valence-corrected chi connectivity index (χ1v) is 11.0. The van der Waals surface area contributed by atoms with Crippen molar-refractivity contribution in [3.05, 3.63) is 75.8 Å². The summed E-state index contributed by atoms with van der Waals surface area (Å²) in [7, 11) is 4.35. The molecule has 0 aliphatic heterocycles. The molecular weight excluding hydrogens is 488 g/mol. The summed E-state index contributed by atoms with van der Waals surface area (Å²) in [6.07, 6.45) is 3.07. The minimum atomic E-state index is -0.578. The predicted octanol–water partition coefficient (Wildman–Crippen LogP) is 3.17.